The first-order valence-electron chi connectivity index (χ1n) is 5.29. The molecule has 3 heteroatoms. The number of rotatable bonds is 3. The maximum absolute atomic E-state index is 5.75. The van der Waals surface area contributed by atoms with Crippen LogP contribution < -0.4 is 5.73 Å². The zero-order valence-electron chi connectivity index (χ0n) is 8.73. The lowest BCUT2D eigenvalue weighted by Crippen LogP contribution is -2.27. The number of nitrogens with two attached hydrogens (primary N) is 1. The second-order valence-corrected chi connectivity index (χ2v) is 3.79. The van der Waals surface area contributed by atoms with Gasteiger partial charge in [-0.2, -0.15) is 0 Å². The van der Waals surface area contributed by atoms with E-state index in [4.69, 9.17) is 10.5 Å². The van der Waals surface area contributed by atoms with Crippen molar-refractivity contribution in [3.63, 3.8) is 0 Å². The van der Waals surface area contributed by atoms with E-state index in [2.05, 4.69) is 17.1 Å². The van der Waals surface area contributed by atoms with Gasteiger partial charge in [0, 0.05) is 6.42 Å². The molecule has 1 aliphatic rings. The summed E-state index contributed by atoms with van der Waals surface area (Å²) in [7, 11) is 0. The molecule has 1 aromatic carbocycles. The predicted molar refractivity (Wildman–Crippen MR) is 60.7 cm³/mol. The Morgan fingerprint density at radius 1 is 1.33 bits per heavy atom. The quantitative estimate of drug-likeness (QED) is 0.815. The molecular weight excluding hydrogens is 188 g/mol. The van der Waals surface area contributed by atoms with Gasteiger partial charge in [0.05, 0.1) is 25.1 Å². The summed E-state index contributed by atoms with van der Waals surface area (Å²) in [5.74, 6) is 0.759. The molecule has 2 rings (SSSR count). The van der Waals surface area contributed by atoms with Crippen LogP contribution in [0.3, 0.4) is 0 Å². The highest BCUT2D eigenvalue weighted by Gasteiger charge is 2.14. The van der Waals surface area contributed by atoms with Gasteiger partial charge in [0.15, 0.2) is 0 Å². The summed E-state index contributed by atoms with van der Waals surface area (Å²) >= 11 is 0. The minimum atomic E-state index is 0.234. The molecule has 3 nitrogen and oxygen atoms in total. The van der Waals surface area contributed by atoms with Crippen LogP contribution >= 0.6 is 0 Å². The van der Waals surface area contributed by atoms with Gasteiger partial charge in [-0.3, -0.25) is 4.99 Å². The highest BCUT2D eigenvalue weighted by Crippen LogP contribution is 2.11. The largest absolute Gasteiger partial charge is 0.387 e. The van der Waals surface area contributed by atoms with Crippen LogP contribution in [0.4, 0.5) is 0 Å². The number of hydrogen-bond donors (Lipinski definition) is 1. The van der Waals surface area contributed by atoms with Crippen LogP contribution in [0, 0.1) is 0 Å². The fourth-order valence-corrected chi connectivity index (χ4v) is 1.62. The number of amidine groups is 1. The molecule has 0 amide bonds. The van der Waals surface area contributed by atoms with E-state index in [1.807, 2.05) is 18.2 Å². The van der Waals surface area contributed by atoms with Gasteiger partial charge in [-0.25, -0.2) is 0 Å². The summed E-state index contributed by atoms with van der Waals surface area (Å²) in [5.41, 5.74) is 6.81. The van der Waals surface area contributed by atoms with Crippen LogP contribution in [0.15, 0.2) is 35.3 Å². The molecule has 0 radical (unpaired) electrons. The highest BCUT2D eigenvalue weighted by atomic mass is 16.5. The number of benzene rings is 1. The predicted octanol–water partition coefficient (Wildman–Crippen LogP) is 1.72. The Kier molecular flexibility index (Phi) is 3.35. The van der Waals surface area contributed by atoms with Crippen LogP contribution in [0.2, 0.25) is 0 Å². The Balaban J connectivity index is 1.80. The normalized spacial score (nSPS) is 21.1. The number of nitrogens with zero attached hydrogens (tertiary/aromatic N) is 1. The molecule has 0 saturated heterocycles. The van der Waals surface area contributed by atoms with Gasteiger partial charge >= 0.3 is 0 Å². The number of hydrogen-bond acceptors (Lipinski definition) is 3. The average Bonchev–Trinajstić information content (AvgIpc) is 2.30. The molecule has 0 spiro atoms. The first-order chi connectivity index (χ1) is 7.34. The zero-order valence-corrected chi connectivity index (χ0v) is 8.73. The Hall–Kier alpha value is -1.35. The number of ether oxygens (including phenoxy) is 1. The molecule has 0 saturated carbocycles. The van der Waals surface area contributed by atoms with Crippen molar-refractivity contribution in [2.45, 2.75) is 25.6 Å². The Bertz CT molecular complexity index is 335. The molecule has 15 heavy (non-hydrogen) atoms. The standard InChI is InChI=1S/C12H16N2O/c13-12-7-6-11(8-14-12)15-9-10-4-2-1-3-5-10/h1-5,11H,6-9H2,(H2,13,14). The van der Waals surface area contributed by atoms with E-state index >= 15 is 0 Å². The molecule has 1 atom stereocenters. The lowest BCUT2D eigenvalue weighted by molar-refractivity contribution is 0.0400. The van der Waals surface area contributed by atoms with Crippen LogP contribution in [0.25, 0.3) is 0 Å². The zero-order chi connectivity index (χ0) is 10.5. The van der Waals surface area contributed by atoms with E-state index in [0.29, 0.717) is 13.2 Å². The molecule has 1 aliphatic heterocycles. The van der Waals surface area contributed by atoms with Crippen LogP contribution in [0.1, 0.15) is 18.4 Å². The Morgan fingerprint density at radius 2 is 2.13 bits per heavy atom. The second kappa shape index (κ2) is 4.94. The molecule has 0 fully saturated rings. The van der Waals surface area contributed by atoms with Gasteiger partial charge < -0.3 is 10.5 Å². The minimum absolute atomic E-state index is 0.234. The topological polar surface area (TPSA) is 47.6 Å². The first kappa shape index (κ1) is 10.2. The van der Waals surface area contributed by atoms with Crippen molar-refractivity contribution in [2.75, 3.05) is 6.54 Å². The van der Waals surface area contributed by atoms with Crippen molar-refractivity contribution < 1.29 is 4.74 Å². The third-order valence-electron chi connectivity index (χ3n) is 2.55. The smallest absolute Gasteiger partial charge is 0.0939 e. The van der Waals surface area contributed by atoms with Gasteiger partial charge in [0.25, 0.3) is 0 Å². The van der Waals surface area contributed by atoms with Gasteiger partial charge in [0.2, 0.25) is 0 Å². The second-order valence-electron chi connectivity index (χ2n) is 3.79. The average molecular weight is 204 g/mol. The fraction of sp³-hybridized carbons (Fsp3) is 0.417. The van der Waals surface area contributed by atoms with E-state index in [9.17, 15) is 0 Å². The van der Waals surface area contributed by atoms with Crippen LogP contribution in [-0.2, 0) is 11.3 Å². The molecule has 0 aromatic heterocycles. The van der Waals surface area contributed by atoms with Crippen molar-refractivity contribution >= 4 is 5.84 Å². The lowest BCUT2D eigenvalue weighted by atomic mass is 10.1. The summed E-state index contributed by atoms with van der Waals surface area (Å²) in [5, 5.41) is 0. The van der Waals surface area contributed by atoms with E-state index < -0.39 is 0 Å². The molecule has 0 bridgehead atoms. The number of aliphatic imine (C=N–C) groups is 1. The SMILES string of the molecule is NC1=NCC(OCc2ccccc2)CC1. The maximum atomic E-state index is 5.75. The van der Waals surface area contributed by atoms with Crippen LogP contribution in [0.5, 0.6) is 0 Å². The van der Waals surface area contributed by atoms with E-state index in [0.717, 1.165) is 18.7 Å². The van der Waals surface area contributed by atoms with Crippen molar-refractivity contribution in [1.29, 1.82) is 0 Å². The summed E-state index contributed by atoms with van der Waals surface area (Å²) < 4.78 is 5.75. The van der Waals surface area contributed by atoms with Gasteiger partial charge in [-0.05, 0) is 12.0 Å². The van der Waals surface area contributed by atoms with E-state index in [1.165, 1.54) is 5.56 Å². The molecule has 1 aromatic rings. The maximum Gasteiger partial charge on any atom is 0.0939 e. The lowest BCUT2D eigenvalue weighted by Gasteiger charge is -2.19. The summed E-state index contributed by atoms with van der Waals surface area (Å²) in [4.78, 5) is 4.19. The van der Waals surface area contributed by atoms with Gasteiger partial charge in [-0.15, -0.1) is 0 Å². The Morgan fingerprint density at radius 3 is 2.80 bits per heavy atom. The molecule has 80 valence electrons. The molecule has 0 aliphatic carbocycles. The van der Waals surface area contributed by atoms with Crippen molar-refractivity contribution in [2.24, 2.45) is 10.7 Å². The van der Waals surface area contributed by atoms with Gasteiger partial charge in [-0.1, -0.05) is 30.3 Å². The third kappa shape index (κ3) is 3.06. The van der Waals surface area contributed by atoms with Crippen molar-refractivity contribution in [1.82, 2.24) is 0 Å². The van der Waals surface area contributed by atoms with E-state index in [-0.39, 0.29) is 6.10 Å². The first-order valence-corrected chi connectivity index (χ1v) is 5.29. The van der Waals surface area contributed by atoms with Crippen LogP contribution in [-0.4, -0.2) is 18.5 Å². The van der Waals surface area contributed by atoms with Crippen molar-refractivity contribution in [3.8, 4) is 0 Å². The third-order valence-corrected chi connectivity index (χ3v) is 2.55. The molecule has 2 N–H and O–H groups in total. The monoisotopic (exact) mass is 204 g/mol. The molecule has 1 unspecified atom stereocenters. The molecular formula is C12H16N2O. The van der Waals surface area contributed by atoms with Gasteiger partial charge in [0.1, 0.15) is 0 Å². The molecule has 1 heterocycles. The minimum Gasteiger partial charge on any atom is -0.387 e. The summed E-state index contributed by atoms with van der Waals surface area (Å²) in [6, 6.07) is 10.2. The van der Waals surface area contributed by atoms with E-state index in [1.54, 1.807) is 0 Å². The fourth-order valence-electron chi connectivity index (χ4n) is 1.62. The summed E-state index contributed by atoms with van der Waals surface area (Å²) in [6.07, 6.45) is 2.08. The summed E-state index contributed by atoms with van der Waals surface area (Å²) in [6.45, 7) is 1.37. The highest BCUT2D eigenvalue weighted by molar-refractivity contribution is 5.80. The Labute approximate surface area is 90.0 Å². The van der Waals surface area contributed by atoms with Crippen molar-refractivity contribution in [3.05, 3.63) is 35.9 Å².